The Kier molecular flexibility index (Phi) is 9.26. The predicted octanol–water partition coefficient (Wildman–Crippen LogP) is 3.26. The molecule has 1 saturated heterocycles. The molecule has 0 spiro atoms. The first kappa shape index (κ1) is 21.4. The molecule has 0 radical (unpaired) electrons. The van der Waals surface area contributed by atoms with Crippen LogP contribution < -0.4 is 5.32 Å². The molecule has 22 heavy (non-hydrogen) atoms. The van der Waals surface area contributed by atoms with Gasteiger partial charge in [0.15, 0.2) is 0 Å². The average Bonchev–Trinajstić information content (AvgIpc) is 2.45. The van der Waals surface area contributed by atoms with Gasteiger partial charge < -0.3 is 10.4 Å². The van der Waals surface area contributed by atoms with Crippen molar-refractivity contribution < 1.29 is 10.0 Å². The van der Waals surface area contributed by atoms with Gasteiger partial charge in [0.25, 0.3) is 5.69 Å². The molecule has 0 aliphatic carbocycles. The lowest BCUT2D eigenvalue weighted by atomic mass is 10.00. The van der Waals surface area contributed by atoms with Crippen LogP contribution in [0.15, 0.2) is 16.6 Å². The van der Waals surface area contributed by atoms with Crippen LogP contribution in [0.1, 0.15) is 24.9 Å². The molecule has 0 unspecified atom stereocenters. The van der Waals surface area contributed by atoms with Crippen molar-refractivity contribution in [3.63, 3.8) is 0 Å². The van der Waals surface area contributed by atoms with Gasteiger partial charge in [0, 0.05) is 49.9 Å². The Labute approximate surface area is 150 Å². The number of halogens is 3. The minimum atomic E-state index is -0.432. The number of hydrogen-bond acceptors (Lipinski definition) is 5. The Hall–Kier alpha value is -0.600. The number of hydrogen-bond donors (Lipinski definition) is 2. The van der Waals surface area contributed by atoms with E-state index in [0.29, 0.717) is 10.0 Å². The number of nitro benzene ring substituents is 1. The van der Waals surface area contributed by atoms with Gasteiger partial charge in [0.05, 0.1) is 9.40 Å². The highest BCUT2D eigenvalue weighted by molar-refractivity contribution is 9.10. The van der Waals surface area contributed by atoms with Gasteiger partial charge in [-0.3, -0.25) is 15.0 Å². The molecule has 2 rings (SSSR count). The van der Waals surface area contributed by atoms with Crippen molar-refractivity contribution in [2.24, 2.45) is 0 Å². The molecule has 1 atom stereocenters. The molecule has 1 aliphatic rings. The molecule has 0 amide bonds. The van der Waals surface area contributed by atoms with Gasteiger partial charge in [-0.1, -0.05) is 6.92 Å². The van der Waals surface area contributed by atoms with E-state index in [1.54, 1.807) is 0 Å². The van der Waals surface area contributed by atoms with Crippen molar-refractivity contribution in [1.29, 1.82) is 0 Å². The predicted molar refractivity (Wildman–Crippen MR) is 94.4 cm³/mol. The monoisotopic (exact) mass is 415 g/mol. The van der Waals surface area contributed by atoms with E-state index in [2.05, 4.69) is 26.1 Å². The van der Waals surface area contributed by atoms with Crippen molar-refractivity contribution >= 4 is 46.4 Å². The van der Waals surface area contributed by atoms with Gasteiger partial charge in [-0.15, -0.1) is 24.8 Å². The van der Waals surface area contributed by atoms with E-state index in [0.717, 1.165) is 32.6 Å². The van der Waals surface area contributed by atoms with Gasteiger partial charge in [-0.2, -0.15) is 0 Å². The highest BCUT2D eigenvalue weighted by atomic mass is 79.9. The van der Waals surface area contributed by atoms with Crippen molar-refractivity contribution in [2.45, 2.75) is 19.4 Å². The van der Waals surface area contributed by atoms with E-state index in [-0.39, 0.29) is 42.3 Å². The summed E-state index contributed by atoms with van der Waals surface area (Å²) in [6.07, 6.45) is 0.793. The minimum Gasteiger partial charge on any atom is -0.506 e. The zero-order valence-corrected chi connectivity index (χ0v) is 15.3. The van der Waals surface area contributed by atoms with Gasteiger partial charge >= 0.3 is 0 Å². The second-order valence-corrected chi connectivity index (χ2v) is 5.69. The smallest absolute Gasteiger partial charge is 0.271 e. The van der Waals surface area contributed by atoms with Crippen LogP contribution in [0.2, 0.25) is 0 Å². The molecule has 9 heteroatoms. The summed E-state index contributed by atoms with van der Waals surface area (Å²) in [4.78, 5) is 12.8. The second-order valence-electron chi connectivity index (χ2n) is 4.83. The SMILES string of the molecule is CC[C@H](c1cc([N+](=O)[O-])cc(Br)c1O)N1CCNCC1.Cl.Cl. The fourth-order valence-corrected chi connectivity index (χ4v) is 3.10. The van der Waals surface area contributed by atoms with E-state index in [4.69, 9.17) is 0 Å². The van der Waals surface area contributed by atoms with Crippen LogP contribution >= 0.6 is 40.7 Å². The number of nitro groups is 1. The third kappa shape index (κ3) is 4.70. The molecule has 0 aromatic heterocycles. The van der Waals surface area contributed by atoms with Gasteiger partial charge in [0.1, 0.15) is 5.75 Å². The summed E-state index contributed by atoms with van der Waals surface area (Å²) in [5.41, 5.74) is 0.619. The fraction of sp³-hybridized carbons (Fsp3) is 0.538. The maximum Gasteiger partial charge on any atom is 0.271 e. The number of phenols is 1. The summed E-state index contributed by atoms with van der Waals surface area (Å²) in [5.74, 6) is 0.0981. The zero-order chi connectivity index (χ0) is 14.7. The Morgan fingerprint density at radius 3 is 2.50 bits per heavy atom. The first-order valence-electron chi connectivity index (χ1n) is 6.66. The fourth-order valence-electron chi connectivity index (χ4n) is 2.63. The van der Waals surface area contributed by atoms with Crippen LogP contribution in [-0.4, -0.2) is 41.1 Å². The Morgan fingerprint density at radius 1 is 1.41 bits per heavy atom. The third-order valence-electron chi connectivity index (χ3n) is 3.63. The molecule has 2 N–H and O–H groups in total. The molecular weight excluding hydrogens is 397 g/mol. The molecule has 0 bridgehead atoms. The van der Waals surface area contributed by atoms with Crippen LogP contribution in [0.25, 0.3) is 0 Å². The zero-order valence-electron chi connectivity index (χ0n) is 12.1. The van der Waals surface area contributed by atoms with Crippen molar-refractivity contribution in [3.8, 4) is 5.75 Å². The van der Waals surface area contributed by atoms with E-state index >= 15 is 0 Å². The summed E-state index contributed by atoms with van der Waals surface area (Å²) >= 11 is 3.20. The van der Waals surface area contributed by atoms with Crippen LogP contribution in [0, 0.1) is 10.1 Å². The van der Waals surface area contributed by atoms with Crippen LogP contribution in [0.3, 0.4) is 0 Å². The summed E-state index contributed by atoms with van der Waals surface area (Å²) < 4.78 is 0.371. The highest BCUT2D eigenvalue weighted by Crippen LogP contribution is 2.39. The molecule has 1 aromatic rings. The van der Waals surface area contributed by atoms with Crippen molar-refractivity contribution in [2.75, 3.05) is 26.2 Å². The first-order valence-corrected chi connectivity index (χ1v) is 7.45. The molecule has 6 nitrogen and oxygen atoms in total. The number of nitrogens with zero attached hydrogens (tertiary/aromatic N) is 2. The van der Waals surface area contributed by atoms with E-state index in [1.807, 2.05) is 6.92 Å². The second kappa shape index (κ2) is 9.52. The van der Waals surface area contributed by atoms with Gasteiger partial charge in [0.2, 0.25) is 0 Å². The first-order chi connectivity index (χ1) is 9.54. The number of phenolic OH excluding ortho intramolecular Hbond substituents is 1. The van der Waals surface area contributed by atoms with Gasteiger partial charge in [-0.25, -0.2) is 0 Å². The molecule has 0 saturated carbocycles. The summed E-state index contributed by atoms with van der Waals surface area (Å²) in [7, 11) is 0. The number of benzene rings is 1. The summed E-state index contributed by atoms with van der Waals surface area (Å²) in [6, 6.07) is 2.81. The lowest BCUT2D eigenvalue weighted by Crippen LogP contribution is -2.45. The molecule has 1 aromatic carbocycles. The lowest BCUT2D eigenvalue weighted by Gasteiger charge is -2.35. The van der Waals surface area contributed by atoms with Crippen LogP contribution in [0.4, 0.5) is 5.69 Å². The largest absolute Gasteiger partial charge is 0.506 e. The molecular formula is C13H20BrCl2N3O3. The highest BCUT2D eigenvalue weighted by Gasteiger charge is 2.26. The van der Waals surface area contributed by atoms with E-state index in [9.17, 15) is 15.2 Å². The van der Waals surface area contributed by atoms with Crippen LogP contribution in [-0.2, 0) is 0 Å². The Morgan fingerprint density at radius 2 is 2.00 bits per heavy atom. The number of piperazine rings is 1. The van der Waals surface area contributed by atoms with Crippen molar-refractivity contribution in [3.05, 3.63) is 32.3 Å². The lowest BCUT2D eigenvalue weighted by molar-refractivity contribution is -0.385. The minimum absolute atomic E-state index is 0. The van der Waals surface area contributed by atoms with E-state index < -0.39 is 4.92 Å². The maximum absolute atomic E-state index is 11.0. The summed E-state index contributed by atoms with van der Waals surface area (Å²) in [5, 5.41) is 24.5. The molecule has 126 valence electrons. The Bertz CT molecular complexity index is 514. The normalized spacial score (nSPS) is 16.3. The topological polar surface area (TPSA) is 78.6 Å². The number of aromatic hydroxyl groups is 1. The molecule has 1 heterocycles. The number of nitrogens with one attached hydrogen (secondary N) is 1. The standard InChI is InChI=1S/C13H18BrN3O3.2ClH/c1-2-12(16-5-3-15-4-6-16)10-7-9(17(19)20)8-11(14)13(10)18;;/h7-8,12,15,18H,2-6H2,1H3;2*1H/t12-;;/m1../s1. The maximum atomic E-state index is 11.0. The van der Waals surface area contributed by atoms with Crippen LogP contribution in [0.5, 0.6) is 5.75 Å². The summed E-state index contributed by atoms with van der Waals surface area (Å²) in [6.45, 7) is 5.57. The number of non-ortho nitro benzene ring substituents is 1. The van der Waals surface area contributed by atoms with Gasteiger partial charge in [-0.05, 0) is 22.4 Å². The molecule has 1 aliphatic heterocycles. The average molecular weight is 417 g/mol. The quantitative estimate of drug-likeness (QED) is 0.581. The van der Waals surface area contributed by atoms with Crippen molar-refractivity contribution in [1.82, 2.24) is 10.2 Å². The number of rotatable bonds is 4. The Balaban J connectivity index is 0.00000220. The van der Waals surface area contributed by atoms with E-state index in [1.165, 1.54) is 12.1 Å². The third-order valence-corrected chi connectivity index (χ3v) is 4.23. The molecule has 1 fully saturated rings.